The molecule has 0 aliphatic heterocycles. The first kappa shape index (κ1) is 8.89. The number of fused-ring (bicyclic) bond motifs is 1. The van der Waals surface area contributed by atoms with Crippen molar-refractivity contribution >= 4 is 32.4 Å². The molecule has 72 valence electrons. The summed E-state index contributed by atoms with van der Waals surface area (Å²) in [6.45, 7) is 0. The Kier molecular flexibility index (Phi) is 2.05. The molecule has 3 N–H and O–H groups in total. The SMILES string of the molecule is CNc1nc2cc(O)c(N=N)cc2s1. The van der Waals surface area contributed by atoms with Gasteiger partial charge in [-0.25, -0.2) is 10.5 Å². The van der Waals surface area contributed by atoms with Crippen LogP contribution in [0.25, 0.3) is 10.2 Å². The summed E-state index contributed by atoms with van der Waals surface area (Å²) in [4.78, 5) is 4.21. The van der Waals surface area contributed by atoms with Crippen LogP contribution < -0.4 is 5.32 Å². The number of aromatic hydroxyl groups is 1. The van der Waals surface area contributed by atoms with E-state index in [0.29, 0.717) is 5.52 Å². The van der Waals surface area contributed by atoms with Gasteiger partial charge in [0.2, 0.25) is 0 Å². The van der Waals surface area contributed by atoms with E-state index in [0.717, 1.165) is 9.83 Å². The first-order chi connectivity index (χ1) is 6.74. The van der Waals surface area contributed by atoms with Crippen molar-refractivity contribution in [1.82, 2.24) is 4.98 Å². The molecular weight excluding hydrogens is 200 g/mol. The molecule has 0 fully saturated rings. The molecule has 0 radical (unpaired) electrons. The lowest BCUT2D eigenvalue weighted by Gasteiger charge is -1.94. The van der Waals surface area contributed by atoms with Gasteiger partial charge in [-0.15, -0.1) is 0 Å². The van der Waals surface area contributed by atoms with E-state index < -0.39 is 0 Å². The minimum atomic E-state index is -0.0135. The van der Waals surface area contributed by atoms with Crippen molar-refractivity contribution in [3.63, 3.8) is 0 Å². The number of anilines is 1. The van der Waals surface area contributed by atoms with E-state index in [1.807, 2.05) is 0 Å². The van der Waals surface area contributed by atoms with Gasteiger partial charge in [-0.2, -0.15) is 5.11 Å². The Bertz CT molecular complexity index is 493. The molecule has 1 aromatic heterocycles. The van der Waals surface area contributed by atoms with Crippen LogP contribution in [-0.4, -0.2) is 17.1 Å². The van der Waals surface area contributed by atoms with Crippen molar-refractivity contribution in [2.75, 3.05) is 12.4 Å². The van der Waals surface area contributed by atoms with Gasteiger partial charge in [-0.05, 0) is 6.07 Å². The molecule has 2 aromatic rings. The van der Waals surface area contributed by atoms with Crippen LogP contribution in [0.2, 0.25) is 0 Å². The lowest BCUT2D eigenvalue weighted by Crippen LogP contribution is -1.83. The second-order valence-electron chi connectivity index (χ2n) is 2.69. The highest BCUT2D eigenvalue weighted by Gasteiger charge is 2.07. The Morgan fingerprint density at radius 3 is 3.00 bits per heavy atom. The predicted molar refractivity (Wildman–Crippen MR) is 55.6 cm³/mol. The normalized spacial score (nSPS) is 10.4. The fraction of sp³-hybridized carbons (Fsp3) is 0.125. The van der Waals surface area contributed by atoms with E-state index in [9.17, 15) is 5.11 Å². The number of nitrogens with one attached hydrogen (secondary N) is 2. The van der Waals surface area contributed by atoms with Crippen LogP contribution in [0.5, 0.6) is 5.75 Å². The average Bonchev–Trinajstić information content (AvgIpc) is 2.58. The van der Waals surface area contributed by atoms with Crippen LogP contribution in [0.3, 0.4) is 0 Å². The molecule has 0 unspecified atom stereocenters. The second kappa shape index (κ2) is 3.22. The van der Waals surface area contributed by atoms with Gasteiger partial charge in [0.25, 0.3) is 0 Å². The van der Waals surface area contributed by atoms with Crippen molar-refractivity contribution in [1.29, 1.82) is 5.53 Å². The molecule has 1 aromatic carbocycles. The minimum Gasteiger partial charge on any atom is -0.506 e. The molecule has 0 atom stereocenters. The molecule has 0 aliphatic rings. The van der Waals surface area contributed by atoms with Gasteiger partial charge in [0.05, 0.1) is 10.2 Å². The molecule has 0 amide bonds. The lowest BCUT2D eigenvalue weighted by molar-refractivity contribution is 0.477. The van der Waals surface area contributed by atoms with Crippen molar-refractivity contribution in [2.45, 2.75) is 0 Å². The Balaban J connectivity index is 2.69. The van der Waals surface area contributed by atoms with Gasteiger partial charge < -0.3 is 10.4 Å². The number of phenols is 1. The summed E-state index contributed by atoms with van der Waals surface area (Å²) in [5.74, 6) is -0.0135. The first-order valence-electron chi connectivity index (χ1n) is 3.93. The van der Waals surface area contributed by atoms with E-state index >= 15 is 0 Å². The molecular formula is C8H8N4OS. The number of hydrogen-bond donors (Lipinski definition) is 3. The quantitative estimate of drug-likeness (QED) is 0.663. The molecule has 6 heteroatoms. The van der Waals surface area contributed by atoms with Crippen molar-refractivity contribution in [3.8, 4) is 5.75 Å². The maximum atomic E-state index is 9.42. The largest absolute Gasteiger partial charge is 0.506 e. The summed E-state index contributed by atoms with van der Waals surface area (Å²) in [5.41, 5.74) is 7.82. The average molecular weight is 208 g/mol. The van der Waals surface area contributed by atoms with Gasteiger partial charge >= 0.3 is 0 Å². The number of nitrogens with zero attached hydrogens (tertiary/aromatic N) is 2. The number of phenolic OH excluding ortho intramolecular Hbond substituents is 1. The fourth-order valence-corrected chi connectivity index (χ4v) is 1.98. The molecule has 0 saturated heterocycles. The van der Waals surface area contributed by atoms with E-state index in [1.54, 1.807) is 13.1 Å². The van der Waals surface area contributed by atoms with E-state index in [2.05, 4.69) is 15.4 Å². The molecule has 14 heavy (non-hydrogen) atoms. The molecule has 5 nitrogen and oxygen atoms in total. The highest BCUT2D eigenvalue weighted by Crippen LogP contribution is 2.35. The van der Waals surface area contributed by atoms with Crippen LogP contribution in [0.4, 0.5) is 10.8 Å². The van der Waals surface area contributed by atoms with E-state index in [1.165, 1.54) is 17.4 Å². The molecule has 0 spiro atoms. The maximum Gasteiger partial charge on any atom is 0.183 e. The summed E-state index contributed by atoms with van der Waals surface area (Å²) >= 11 is 1.46. The second-order valence-corrected chi connectivity index (χ2v) is 3.72. The van der Waals surface area contributed by atoms with Crippen LogP contribution in [0, 0.1) is 5.53 Å². The number of aromatic nitrogens is 1. The Hall–Kier alpha value is -1.69. The van der Waals surface area contributed by atoms with Gasteiger partial charge in [-0.3, -0.25) is 0 Å². The van der Waals surface area contributed by atoms with Gasteiger partial charge in [-0.1, -0.05) is 11.3 Å². The smallest absolute Gasteiger partial charge is 0.183 e. The molecule has 2 rings (SSSR count). The van der Waals surface area contributed by atoms with Crippen LogP contribution in [-0.2, 0) is 0 Å². The van der Waals surface area contributed by atoms with Gasteiger partial charge in [0.15, 0.2) is 5.13 Å². The highest BCUT2D eigenvalue weighted by atomic mass is 32.1. The summed E-state index contributed by atoms with van der Waals surface area (Å²) in [6, 6.07) is 3.16. The monoisotopic (exact) mass is 208 g/mol. The Labute approximate surface area is 83.9 Å². The summed E-state index contributed by atoms with van der Waals surface area (Å²) < 4.78 is 0.901. The number of rotatable bonds is 2. The molecule has 0 bridgehead atoms. The number of hydrogen-bond acceptors (Lipinski definition) is 6. The van der Waals surface area contributed by atoms with Crippen LogP contribution in [0.15, 0.2) is 17.2 Å². The Morgan fingerprint density at radius 1 is 1.57 bits per heavy atom. The van der Waals surface area contributed by atoms with Gasteiger partial charge in [0, 0.05) is 13.1 Å². The zero-order valence-corrected chi connectivity index (χ0v) is 8.22. The highest BCUT2D eigenvalue weighted by molar-refractivity contribution is 7.22. The lowest BCUT2D eigenvalue weighted by atomic mass is 10.3. The summed E-state index contributed by atoms with van der Waals surface area (Å²) in [6.07, 6.45) is 0. The van der Waals surface area contributed by atoms with E-state index in [4.69, 9.17) is 5.53 Å². The third-order valence-corrected chi connectivity index (χ3v) is 2.85. The summed E-state index contributed by atoms with van der Waals surface area (Å²) in [7, 11) is 1.79. The van der Waals surface area contributed by atoms with Crippen LogP contribution in [0.1, 0.15) is 0 Å². The maximum absolute atomic E-state index is 9.42. The number of benzene rings is 1. The van der Waals surface area contributed by atoms with Crippen molar-refractivity contribution in [3.05, 3.63) is 12.1 Å². The zero-order valence-electron chi connectivity index (χ0n) is 7.40. The third kappa shape index (κ3) is 1.29. The predicted octanol–water partition coefficient (Wildman–Crippen LogP) is 2.71. The first-order valence-corrected chi connectivity index (χ1v) is 4.75. The topological polar surface area (TPSA) is 81.4 Å². The zero-order chi connectivity index (χ0) is 10.1. The number of thiazole rings is 1. The molecule has 0 saturated carbocycles. The third-order valence-electron chi connectivity index (χ3n) is 1.82. The summed E-state index contributed by atoms with van der Waals surface area (Å²) in [5, 5.41) is 16.3. The molecule has 1 heterocycles. The fourth-order valence-electron chi connectivity index (χ4n) is 1.15. The van der Waals surface area contributed by atoms with Crippen molar-refractivity contribution in [2.24, 2.45) is 5.11 Å². The standard InChI is InChI=1S/C8H8N4OS/c1-10-8-11-5-2-6(13)4(12-9)3-7(5)14-8/h2-3,9,13H,1H3,(H,10,11). The van der Waals surface area contributed by atoms with Crippen LogP contribution >= 0.6 is 11.3 Å². The van der Waals surface area contributed by atoms with Crippen molar-refractivity contribution < 1.29 is 5.11 Å². The minimum absolute atomic E-state index is 0.0135. The van der Waals surface area contributed by atoms with Gasteiger partial charge in [0.1, 0.15) is 11.4 Å². The Morgan fingerprint density at radius 2 is 2.36 bits per heavy atom. The van der Waals surface area contributed by atoms with E-state index in [-0.39, 0.29) is 11.4 Å². The molecule has 0 aliphatic carbocycles.